The van der Waals surface area contributed by atoms with E-state index >= 15 is 0 Å². The minimum atomic E-state index is -0.944. The minimum Gasteiger partial charge on any atom is -0.480 e. The van der Waals surface area contributed by atoms with E-state index in [1.165, 1.54) is 24.8 Å². The molecule has 2 aromatic rings. The summed E-state index contributed by atoms with van der Waals surface area (Å²) in [5.74, 6) is -0.173. The van der Waals surface area contributed by atoms with E-state index in [-0.39, 0.29) is 0 Å². The van der Waals surface area contributed by atoms with Crippen molar-refractivity contribution in [3.05, 3.63) is 36.0 Å². The summed E-state index contributed by atoms with van der Waals surface area (Å²) in [5.41, 5.74) is 7.90. The molecule has 0 unspecified atom stereocenters. The summed E-state index contributed by atoms with van der Waals surface area (Å²) in [5, 5.41) is 10.1. The molecule has 1 aromatic heterocycles. The highest BCUT2D eigenvalue weighted by molar-refractivity contribution is 5.85. The molecule has 0 saturated heterocycles. The number of carboxylic acids is 1. The second-order valence-corrected chi connectivity index (χ2v) is 5.77. The predicted molar refractivity (Wildman–Crippen MR) is 78.6 cm³/mol. The Hall–Kier alpha value is -1.81. The quantitative estimate of drug-likeness (QED) is 0.878. The van der Waals surface area contributed by atoms with Crippen LogP contribution in [0.4, 0.5) is 0 Å². The van der Waals surface area contributed by atoms with Gasteiger partial charge in [-0.25, -0.2) is 0 Å². The molecule has 0 bridgehead atoms. The van der Waals surface area contributed by atoms with Crippen molar-refractivity contribution in [3.63, 3.8) is 0 Å². The highest BCUT2D eigenvalue weighted by atomic mass is 16.4. The van der Waals surface area contributed by atoms with Crippen LogP contribution in [0.5, 0.6) is 0 Å². The van der Waals surface area contributed by atoms with E-state index in [0.29, 0.717) is 6.42 Å². The molecule has 1 aromatic carbocycles. The fourth-order valence-corrected chi connectivity index (χ4v) is 2.91. The topological polar surface area (TPSA) is 68.2 Å². The third-order valence-corrected chi connectivity index (χ3v) is 4.31. The Bertz CT molecular complexity index is 628. The van der Waals surface area contributed by atoms with E-state index in [1.807, 2.05) is 12.1 Å². The van der Waals surface area contributed by atoms with Gasteiger partial charge in [-0.15, -0.1) is 0 Å². The number of rotatable bonds is 5. The Morgan fingerprint density at radius 3 is 2.80 bits per heavy atom. The van der Waals surface area contributed by atoms with Crippen LogP contribution >= 0.6 is 0 Å². The molecular weight excluding hydrogens is 252 g/mol. The lowest BCUT2D eigenvalue weighted by molar-refractivity contribution is -0.138. The minimum absolute atomic E-state index is 0.382. The molecule has 0 amide bonds. The van der Waals surface area contributed by atoms with Gasteiger partial charge in [0.2, 0.25) is 0 Å². The normalized spacial score (nSPS) is 17.1. The molecular formula is C16H20N2O2. The largest absolute Gasteiger partial charge is 0.480 e. The van der Waals surface area contributed by atoms with Gasteiger partial charge in [0.05, 0.1) is 0 Å². The van der Waals surface area contributed by atoms with Gasteiger partial charge in [0.15, 0.2) is 0 Å². The smallest absolute Gasteiger partial charge is 0.320 e. The van der Waals surface area contributed by atoms with Crippen molar-refractivity contribution in [2.24, 2.45) is 11.7 Å². The molecule has 0 spiro atoms. The zero-order valence-corrected chi connectivity index (χ0v) is 11.5. The number of nitrogens with zero attached hydrogens (tertiary/aromatic N) is 1. The molecule has 3 rings (SSSR count). The van der Waals surface area contributed by atoms with Crippen molar-refractivity contribution >= 4 is 16.9 Å². The van der Waals surface area contributed by atoms with Crippen LogP contribution in [-0.2, 0) is 17.8 Å². The second-order valence-electron chi connectivity index (χ2n) is 5.77. The number of carbonyl (C=O) groups is 1. The highest BCUT2D eigenvalue weighted by Gasteiger charge is 2.20. The number of nitrogens with two attached hydrogens (primary N) is 1. The fraction of sp³-hybridized carbons (Fsp3) is 0.438. The van der Waals surface area contributed by atoms with Crippen molar-refractivity contribution in [1.82, 2.24) is 4.57 Å². The van der Waals surface area contributed by atoms with Crippen LogP contribution in [0, 0.1) is 5.92 Å². The molecule has 0 radical (unpaired) electrons. The van der Waals surface area contributed by atoms with Gasteiger partial charge in [0, 0.05) is 30.1 Å². The zero-order chi connectivity index (χ0) is 14.1. The lowest BCUT2D eigenvalue weighted by Gasteiger charge is -2.26. The van der Waals surface area contributed by atoms with Gasteiger partial charge in [0.1, 0.15) is 6.04 Å². The number of hydrogen-bond acceptors (Lipinski definition) is 2. The van der Waals surface area contributed by atoms with Crippen LogP contribution in [0.15, 0.2) is 30.5 Å². The lowest BCUT2D eigenvalue weighted by Crippen LogP contribution is -2.32. The standard InChI is InChI=1S/C16H20N2O2/c17-14(16(19)20)8-12-10-18(9-11-4-3-5-11)15-7-2-1-6-13(12)15/h1-2,6-7,10-11,14H,3-5,8-9,17H2,(H,19,20)/t14-/m1/s1. The summed E-state index contributed by atoms with van der Waals surface area (Å²) in [6.45, 7) is 1.03. The van der Waals surface area contributed by atoms with Crippen molar-refractivity contribution in [3.8, 4) is 0 Å². The number of para-hydroxylation sites is 1. The SMILES string of the molecule is N[C@H](Cc1cn(CC2CCC2)c2ccccc12)C(=O)O. The van der Waals surface area contributed by atoms with Crippen molar-refractivity contribution in [2.75, 3.05) is 0 Å². The summed E-state index contributed by atoms with van der Waals surface area (Å²) in [4.78, 5) is 10.9. The fourth-order valence-electron chi connectivity index (χ4n) is 2.91. The lowest BCUT2D eigenvalue weighted by atomic mass is 9.85. The molecule has 1 fully saturated rings. The summed E-state index contributed by atoms with van der Waals surface area (Å²) >= 11 is 0. The summed E-state index contributed by atoms with van der Waals surface area (Å²) in [6.07, 6.45) is 6.41. The Morgan fingerprint density at radius 2 is 2.15 bits per heavy atom. The van der Waals surface area contributed by atoms with Crippen LogP contribution in [0.2, 0.25) is 0 Å². The van der Waals surface area contributed by atoms with Gasteiger partial charge >= 0.3 is 5.97 Å². The number of carboxylic acid groups (broad SMARTS) is 1. The van der Waals surface area contributed by atoms with Crippen LogP contribution < -0.4 is 5.73 Å². The Kier molecular flexibility index (Phi) is 3.49. The van der Waals surface area contributed by atoms with E-state index in [0.717, 1.165) is 23.4 Å². The van der Waals surface area contributed by atoms with Crippen molar-refractivity contribution in [2.45, 2.75) is 38.3 Å². The number of benzene rings is 1. The summed E-state index contributed by atoms with van der Waals surface area (Å²) < 4.78 is 2.27. The molecule has 1 heterocycles. The van der Waals surface area contributed by atoms with Crippen LogP contribution in [0.25, 0.3) is 10.9 Å². The van der Waals surface area contributed by atoms with Crippen molar-refractivity contribution in [1.29, 1.82) is 0 Å². The molecule has 20 heavy (non-hydrogen) atoms. The zero-order valence-electron chi connectivity index (χ0n) is 11.5. The third-order valence-electron chi connectivity index (χ3n) is 4.31. The molecule has 1 atom stereocenters. The highest BCUT2D eigenvalue weighted by Crippen LogP contribution is 2.30. The van der Waals surface area contributed by atoms with Crippen LogP contribution in [0.1, 0.15) is 24.8 Å². The van der Waals surface area contributed by atoms with E-state index in [2.05, 4.69) is 22.9 Å². The number of aromatic nitrogens is 1. The van der Waals surface area contributed by atoms with E-state index in [9.17, 15) is 4.79 Å². The first-order valence-electron chi connectivity index (χ1n) is 7.20. The first-order chi connectivity index (χ1) is 9.65. The third kappa shape index (κ3) is 2.43. The van der Waals surface area contributed by atoms with Gasteiger partial charge in [-0.3, -0.25) is 4.79 Å². The Labute approximate surface area is 118 Å². The van der Waals surface area contributed by atoms with Crippen LogP contribution in [-0.4, -0.2) is 21.7 Å². The predicted octanol–water partition coefficient (Wildman–Crippen LogP) is 2.40. The molecule has 1 saturated carbocycles. The van der Waals surface area contributed by atoms with E-state index in [1.54, 1.807) is 0 Å². The molecule has 106 valence electrons. The number of hydrogen-bond donors (Lipinski definition) is 2. The molecule has 1 aliphatic rings. The Morgan fingerprint density at radius 1 is 1.40 bits per heavy atom. The maximum absolute atomic E-state index is 10.9. The van der Waals surface area contributed by atoms with Gasteiger partial charge in [0.25, 0.3) is 0 Å². The van der Waals surface area contributed by atoms with Gasteiger partial charge in [-0.2, -0.15) is 0 Å². The Balaban J connectivity index is 1.92. The van der Waals surface area contributed by atoms with Gasteiger partial charge in [-0.1, -0.05) is 24.6 Å². The number of aliphatic carboxylic acids is 1. The average Bonchev–Trinajstić information content (AvgIpc) is 2.72. The van der Waals surface area contributed by atoms with E-state index in [4.69, 9.17) is 10.8 Å². The monoisotopic (exact) mass is 272 g/mol. The van der Waals surface area contributed by atoms with E-state index < -0.39 is 12.0 Å². The maximum Gasteiger partial charge on any atom is 0.320 e. The number of fused-ring (bicyclic) bond motifs is 1. The molecule has 1 aliphatic carbocycles. The molecule has 3 N–H and O–H groups in total. The molecule has 0 aliphatic heterocycles. The first kappa shape index (κ1) is 13.2. The maximum atomic E-state index is 10.9. The summed E-state index contributed by atoms with van der Waals surface area (Å²) in [6, 6.07) is 7.34. The van der Waals surface area contributed by atoms with Crippen LogP contribution in [0.3, 0.4) is 0 Å². The average molecular weight is 272 g/mol. The summed E-state index contributed by atoms with van der Waals surface area (Å²) in [7, 11) is 0. The van der Waals surface area contributed by atoms with Gasteiger partial charge in [-0.05, 0) is 30.4 Å². The first-order valence-corrected chi connectivity index (χ1v) is 7.20. The molecule has 4 nitrogen and oxygen atoms in total. The molecule has 4 heteroatoms. The van der Waals surface area contributed by atoms with Gasteiger partial charge < -0.3 is 15.4 Å². The second kappa shape index (κ2) is 5.29. The van der Waals surface area contributed by atoms with Crippen molar-refractivity contribution < 1.29 is 9.90 Å².